The van der Waals surface area contributed by atoms with Crippen LogP contribution >= 0.6 is 11.6 Å². The molecule has 7 nitrogen and oxygen atoms in total. The number of benzene rings is 2. The van der Waals surface area contributed by atoms with Gasteiger partial charge in [0.05, 0.1) is 28.4 Å². The van der Waals surface area contributed by atoms with E-state index >= 15 is 0 Å². The topological polar surface area (TPSA) is 82.5 Å². The number of nitrogens with zero attached hydrogens (tertiary/aromatic N) is 2. The van der Waals surface area contributed by atoms with Gasteiger partial charge in [-0.2, -0.15) is 5.10 Å². The Labute approximate surface area is 240 Å². The summed E-state index contributed by atoms with van der Waals surface area (Å²) in [5.41, 5.74) is 3.23. The maximum Gasteiger partial charge on any atom is 0.337 e. The third kappa shape index (κ3) is 6.48. The van der Waals surface area contributed by atoms with Gasteiger partial charge >= 0.3 is 11.9 Å². The van der Waals surface area contributed by atoms with Gasteiger partial charge in [0.15, 0.2) is 0 Å². The number of hydrogen-bond donors (Lipinski definition) is 1. The number of aromatic nitrogens is 2. The zero-order chi connectivity index (χ0) is 29.4. The van der Waals surface area contributed by atoms with Crippen molar-refractivity contribution in [2.75, 3.05) is 0 Å². The molecule has 0 bridgehead atoms. The van der Waals surface area contributed by atoms with Crippen LogP contribution in [0.25, 0.3) is 16.9 Å². The second kappa shape index (κ2) is 11.0. The molecule has 1 aliphatic rings. The van der Waals surface area contributed by atoms with Crippen LogP contribution in [-0.4, -0.2) is 32.9 Å². The monoisotopic (exact) mass is 561 g/mol. The van der Waals surface area contributed by atoms with Crippen molar-refractivity contribution in [3.63, 3.8) is 0 Å². The lowest BCUT2D eigenvalue weighted by atomic mass is 9.79. The van der Waals surface area contributed by atoms with Crippen molar-refractivity contribution in [1.29, 1.82) is 0 Å². The average molecular weight is 562 g/mol. The predicted molar refractivity (Wildman–Crippen MR) is 157 cm³/mol. The molecule has 1 N–H and O–H groups in total. The normalized spacial score (nSPS) is 14.7. The van der Waals surface area contributed by atoms with Crippen molar-refractivity contribution in [1.82, 2.24) is 15.1 Å². The van der Waals surface area contributed by atoms with Gasteiger partial charge in [-0.1, -0.05) is 41.9 Å². The molecule has 1 aliphatic heterocycles. The van der Waals surface area contributed by atoms with Crippen molar-refractivity contribution in [3.8, 4) is 16.9 Å². The van der Waals surface area contributed by atoms with Gasteiger partial charge in [-0.3, -0.25) is 0 Å². The van der Waals surface area contributed by atoms with E-state index in [0.29, 0.717) is 38.8 Å². The van der Waals surface area contributed by atoms with E-state index in [1.165, 1.54) is 0 Å². The van der Waals surface area contributed by atoms with Crippen LogP contribution in [0.4, 0.5) is 0 Å². The van der Waals surface area contributed by atoms with E-state index in [9.17, 15) is 9.59 Å². The van der Waals surface area contributed by atoms with Crippen molar-refractivity contribution in [3.05, 3.63) is 93.9 Å². The fourth-order valence-electron chi connectivity index (χ4n) is 4.66. The van der Waals surface area contributed by atoms with Gasteiger partial charge in [-0.15, -0.1) is 0 Å². The summed E-state index contributed by atoms with van der Waals surface area (Å²) in [6, 6.07) is 17.0. The summed E-state index contributed by atoms with van der Waals surface area (Å²) in [7, 11) is 0. The largest absolute Gasteiger partial charge is 0.457 e. The van der Waals surface area contributed by atoms with E-state index < -0.39 is 29.1 Å². The number of esters is 2. The minimum atomic E-state index is -0.811. The number of allylic oxidation sites excluding steroid dienone is 2. The molecule has 0 atom stereocenters. The Hall–Kier alpha value is -3.84. The lowest BCUT2D eigenvalue weighted by molar-refractivity contribution is -0.150. The standard InChI is InChI=1S/C32H36ClN3O4/c1-19-25(29(37)39-31(3,4)5)27(26(20(2)34-19)30(38)40-32(6,7)8)24-18-36(23-12-10-9-11-13-23)35-28(24)21-14-16-22(33)17-15-21/h9-18,27,34H,1-8H3. The first-order valence-corrected chi connectivity index (χ1v) is 13.6. The Morgan fingerprint density at radius 3 is 1.80 bits per heavy atom. The van der Waals surface area contributed by atoms with Gasteiger partial charge < -0.3 is 14.8 Å². The Morgan fingerprint density at radius 2 is 1.32 bits per heavy atom. The smallest absolute Gasteiger partial charge is 0.337 e. The maximum atomic E-state index is 13.8. The number of dihydropyridines is 1. The summed E-state index contributed by atoms with van der Waals surface area (Å²) in [5.74, 6) is -1.86. The number of carbonyl (C=O) groups excluding carboxylic acids is 2. The van der Waals surface area contributed by atoms with Crippen LogP contribution < -0.4 is 5.32 Å². The van der Waals surface area contributed by atoms with E-state index in [4.69, 9.17) is 26.2 Å². The van der Waals surface area contributed by atoms with Crippen LogP contribution in [0, 0.1) is 0 Å². The highest BCUT2D eigenvalue weighted by atomic mass is 35.5. The van der Waals surface area contributed by atoms with E-state index in [1.54, 1.807) is 16.8 Å². The second-order valence-electron chi connectivity index (χ2n) is 11.9. The number of ether oxygens (including phenoxy) is 2. The number of nitrogens with one attached hydrogen (secondary N) is 1. The number of carbonyl (C=O) groups is 2. The molecule has 40 heavy (non-hydrogen) atoms. The summed E-state index contributed by atoms with van der Waals surface area (Å²) in [5, 5.41) is 8.76. The Bertz CT molecular complexity index is 1440. The van der Waals surface area contributed by atoms with Crippen molar-refractivity contribution < 1.29 is 19.1 Å². The molecule has 0 amide bonds. The first-order chi connectivity index (χ1) is 18.6. The molecule has 2 aromatic carbocycles. The first-order valence-electron chi connectivity index (χ1n) is 13.2. The molecule has 3 aromatic rings. The lowest BCUT2D eigenvalue weighted by Gasteiger charge is -2.33. The number of para-hydroxylation sites is 1. The molecule has 0 aliphatic carbocycles. The number of hydrogen-bond acceptors (Lipinski definition) is 6. The fourth-order valence-corrected chi connectivity index (χ4v) is 4.78. The van der Waals surface area contributed by atoms with E-state index in [0.717, 1.165) is 11.3 Å². The molecule has 210 valence electrons. The molecule has 0 radical (unpaired) electrons. The van der Waals surface area contributed by atoms with Crippen LogP contribution in [-0.2, 0) is 19.1 Å². The summed E-state index contributed by atoms with van der Waals surface area (Å²) >= 11 is 6.21. The molecular formula is C32H36ClN3O4. The lowest BCUT2D eigenvalue weighted by Crippen LogP contribution is -2.36. The highest BCUT2D eigenvalue weighted by molar-refractivity contribution is 6.30. The highest BCUT2D eigenvalue weighted by Crippen LogP contribution is 2.44. The molecule has 0 spiro atoms. The molecule has 0 saturated heterocycles. The summed E-state index contributed by atoms with van der Waals surface area (Å²) in [6.07, 6.45) is 1.87. The zero-order valence-corrected chi connectivity index (χ0v) is 25.0. The third-order valence-electron chi connectivity index (χ3n) is 6.19. The Morgan fingerprint density at radius 1 is 0.825 bits per heavy atom. The second-order valence-corrected chi connectivity index (χ2v) is 12.3. The van der Waals surface area contributed by atoms with E-state index in [2.05, 4.69) is 5.32 Å². The predicted octanol–water partition coefficient (Wildman–Crippen LogP) is 7.11. The molecule has 8 heteroatoms. The van der Waals surface area contributed by atoms with Crippen molar-refractivity contribution >= 4 is 23.5 Å². The molecule has 4 rings (SSSR count). The average Bonchev–Trinajstić information content (AvgIpc) is 3.27. The van der Waals surface area contributed by atoms with Crippen LogP contribution in [0.1, 0.15) is 66.9 Å². The van der Waals surface area contributed by atoms with Crippen LogP contribution in [0.3, 0.4) is 0 Å². The quantitative estimate of drug-likeness (QED) is 0.334. The molecule has 1 aromatic heterocycles. The Kier molecular flexibility index (Phi) is 7.99. The summed E-state index contributed by atoms with van der Waals surface area (Å²) in [6.45, 7) is 14.5. The highest BCUT2D eigenvalue weighted by Gasteiger charge is 2.42. The van der Waals surface area contributed by atoms with Gasteiger partial charge in [0.1, 0.15) is 11.2 Å². The fraction of sp³-hybridized carbons (Fsp3) is 0.344. The van der Waals surface area contributed by atoms with Crippen LogP contribution in [0.5, 0.6) is 0 Å². The van der Waals surface area contributed by atoms with E-state index in [-0.39, 0.29) is 0 Å². The summed E-state index contributed by atoms with van der Waals surface area (Å²) < 4.78 is 13.5. The maximum absolute atomic E-state index is 13.8. The SMILES string of the molecule is CC1=C(C(=O)OC(C)(C)C)C(c2cn(-c3ccccc3)nc2-c2ccc(Cl)cc2)C(C(=O)OC(C)(C)C)=C(C)N1. The molecule has 2 heterocycles. The zero-order valence-electron chi connectivity index (χ0n) is 24.3. The minimum Gasteiger partial charge on any atom is -0.457 e. The molecule has 0 fully saturated rings. The van der Waals surface area contributed by atoms with Crippen molar-refractivity contribution in [2.24, 2.45) is 0 Å². The minimum absolute atomic E-state index is 0.323. The van der Waals surface area contributed by atoms with Gasteiger partial charge in [0, 0.05) is 33.7 Å². The molecule has 0 saturated carbocycles. The van der Waals surface area contributed by atoms with E-state index in [1.807, 2.05) is 104 Å². The molecular weight excluding hydrogens is 526 g/mol. The van der Waals surface area contributed by atoms with Crippen LogP contribution in [0.2, 0.25) is 5.02 Å². The first kappa shape index (κ1) is 29.2. The molecule has 0 unspecified atom stereocenters. The van der Waals surface area contributed by atoms with Gasteiger partial charge in [0.25, 0.3) is 0 Å². The van der Waals surface area contributed by atoms with Gasteiger partial charge in [-0.05, 0) is 79.7 Å². The number of halogens is 1. The van der Waals surface area contributed by atoms with Crippen molar-refractivity contribution in [2.45, 2.75) is 72.5 Å². The van der Waals surface area contributed by atoms with Gasteiger partial charge in [-0.25, -0.2) is 14.3 Å². The van der Waals surface area contributed by atoms with Gasteiger partial charge in [0.2, 0.25) is 0 Å². The Balaban J connectivity index is 2.01. The van der Waals surface area contributed by atoms with Crippen LogP contribution in [0.15, 0.2) is 83.3 Å². The third-order valence-corrected chi connectivity index (χ3v) is 6.44. The summed E-state index contributed by atoms with van der Waals surface area (Å²) in [4.78, 5) is 27.6. The number of rotatable bonds is 5.